The molecule has 1 amide bonds. The van der Waals surface area contributed by atoms with Gasteiger partial charge in [0, 0.05) is 24.2 Å². The van der Waals surface area contributed by atoms with Crippen LogP contribution in [0.4, 0.5) is 0 Å². The lowest BCUT2D eigenvalue weighted by atomic mass is 10.3. The van der Waals surface area contributed by atoms with E-state index in [0.29, 0.717) is 24.4 Å². The van der Waals surface area contributed by atoms with Crippen LogP contribution in [0.3, 0.4) is 0 Å². The fraction of sp³-hybridized carbons (Fsp3) is 0.500. The number of rotatable bonds is 5. The summed E-state index contributed by atoms with van der Waals surface area (Å²) in [4.78, 5) is 14.5. The Morgan fingerprint density at radius 3 is 2.69 bits per heavy atom. The molecule has 0 fully saturated rings. The second-order valence-corrected chi connectivity index (χ2v) is 6.42. The van der Waals surface area contributed by atoms with Crippen molar-refractivity contribution in [3.63, 3.8) is 0 Å². The van der Waals surface area contributed by atoms with Gasteiger partial charge in [-0.2, -0.15) is 0 Å². The summed E-state index contributed by atoms with van der Waals surface area (Å²) in [5.74, 6) is 0.0207. The van der Waals surface area contributed by atoms with Crippen molar-refractivity contribution in [1.82, 2.24) is 4.90 Å². The van der Waals surface area contributed by atoms with E-state index in [1.807, 2.05) is 13.0 Å². The van der Waals surface area contributed by atoms with Gasteiger partial charge in [0.1, 0.15) is 0 Å². The van der Waals surface area contributed by atoms with Gasteiger partial charge in [-0.05, 0) is 51.3 Å². The van der Waals surface area contributed by atoms with Crippen molar-refractivity contribution in [3.05, 3.63) is 19.2 Å². The van der Waals surface area contributed by atoms with E-state index in [1.165, 1.54) is 11.3 Å². The van der Waals surface area contributed by atoms with Gasteiger partial charge in [-0.15, -0.1) is 11.3 Å². The number of aliphatic hydroxyl groups is 1. The number of amides is 1. The van der Waals surface area contributed by atoms with E-state index in [0.717, 1.165) is 8.26 Å². The van der Waals surface area contributed by atoms with Gasteiger partial charge in [0.25, 0.3) is 5.91 Å². The first-order valence-corrected chi connectivity index (χ1v) is 7.35. The molecule has 1 aromatic heterocycles. The molecule has 0 atom stereocenters. The highest BCUT2D eigenvalue weighted by molar-refractivity contribution is 9.13. The lowest BCUT2D eigenvalue weighted by Crippen LogP contribution is -2.31. The zero-order valence-corrected chi connectivity index (χ0v) is 12.9. The first-order valence-electron chi connectivity index (χ1n) is 4.95. The zero-order valence-electron chi connectivity index (χ0n) is 8.87. The molecule has 0 saturated heterocycles. The summed E-state index contributed by atoms with van der Waals surface area (Å²) in [5.41, 5.74) is 0. The quantitative estimate of drug-likeness (QED) is 0.864. The Labute approximate surface area is 116 Å². The Morgan fingerprint density at radius 2 is 2.25 bits per heavy atom. The number of aliphatic hydroxyl groups excluding tert-OH is 1. The molecular weight excluding hydrogens is 358 g/mol. The maximum Gasteiger partial charge on any atom is 0.263 e. The van der Waals surface area contributed by atoms with E-state index in [2.05, 4.69) is 31.9 Å². The third-order valence-electron chi connectivity index (χ3n) is 2.11. The number of carbonyl (C=O) groups excluding carboxylic acids is 1. The van der Waals surface area contributed by atoms with Gasteiger partial charge >= 0.3 is 0 Å². The van der Waals surface area contributed by atoms with E-state index in [9.17, 15) is 4.79 Å². The van der Waals surface area contributed by atoms with Crippen molar-refractivity contribution in [2.24, 2.45) is 0 Å². The highest BCUT2D eigenvalue weighted by Crippen LogP contribution is 2.32. The lowest BCUT2D eigenvalue weighted by Gasteiger charge is -2.19. The first kappa shape index (κ1) is 14.2. The van der Waals surface area contributed by atoms with Crippen molar-refractivity contribution in [1.29, 1.82) is 0 Å². The molecule has 0 aliphatic heterocycles. The highest BCUT2D eigenvalue weighted by Gasteiger charge is 2.17. The SMILES string of the molecule is CCN(CCCO)C(=O)c1cc(Br)c(Br)s1. The minimum atomic E-state index is 0.0207. The van der Waals surface area contributed by atoms with Gasteiger partial charge < -0.3 is 10.0 Å². The fourth-order valence-corrected chi connectivity index (χ4v) is 3.28. The summed E-state index contributed by atoms with van der Waals surface area (Å²) in [7, 11) is 0. The van der Waals surface area contributed by atoms with Crippen LogP contribution in [0.25, 0.3) is 0 Å². The molecule has 0 aliphatic carbocycles. The molecule has 0 unspecified atom stereocenters. The molecular formula is C10H13Br2NO2S. The molecule has 0 radical (unpaired) electrons. The molecule has 1 N–H and O–H groups in total. The van der Waals surface area contributed by atoms with Gasteiger partial charge in [-0.3, -0.25) is 4.79 Å². The van der Waals surface area contributed by atoms with Gasteiger partial charge in [0.05, 0.1) is 8.66 Å². The number of halogens is 2. The van der Waals surface area contributed by atoms with Crippen LogP contribution in [0, 0.1) is 0 Å². The monoisotopic (exact) mass is 369 g/mol. The zero-order chi connectivity index (χ0) is 12.1. The Bertz CT molecular complexity index is 348. The minimum absolute atomic E-state index is 0.0207. The first-order chi connectivity index (χ1) is 7.60. The van der Waals surface area contributed by atoms with E-state index in [4.69, 9.17) is 5.11 Å². The van der Waals surface area contributed by atoms with Crippen molar-refractivity contribution < 1.29 is 9.90 Å². The average molecular weight is 371 g/mol. The van der Waals surface area contributed by atoms with E-state index in [-0.39, 0.29) is 12.5 Å². The predicted molar refractivity (Wildman–Crippen MR) is 73.0 cm³/mol. The van der Waals surface area contributed by atoms with Crippen molar-refractivity contribution in [3.8, 4) is 0 Å². The van der Waals surface area contributed by atoms with Crippen molar-refractivity contribution in [2.45, 2.75) is 13.3 Å². The van der Waals surface area contributed by atoms with Crippen LogP contribution >= 0.6 is 43.2 Å². The predicted octanol–water partition coefficient (Wildman–Crippen LogP) is 3.12. The largest absolute Gasteiger partial charge is 0.396 e. The van der Waals surface area contributed by atoms with Gasteiger partial charge in [0.15, 0.2) is 0 Å². The minimum Gasteiger partial charge on any atom is -0.396 e. The molecule has 1 aromatic rings. The van der Waals surface area contributed by atoms with Crippen molar-refractivity contribution >= 4 is 49.1 Å². The number of carbonyl (C=O) groups is 1. The Morgan fingerprint density at radius 1 is 1.56 bits per heavy atom. The fourth-order valence-electron chi connectivity index (χ4n) is 1.27. The molecule has 90 valence electrons. The second-order valence-electron chi connectivity index (χ2n) is 3.19. The number of hydrogen-bond donors (Lipinski definition) is 1. The van der Waals surface area contributed by atoms with Crippen molar-refractivity contribution in [2.75, 3.05) is 19.7 Å². The molecule has 0 bridgehead atoms. The molecule has 3 nitrogen and oxygen atoms in total. The van der Waals surface area contributed by atoms with Crippen LogP contribution in [0.15, 0.2) is 14.3 Å². The standard InChI is InChI=1S/C10H13Br2NO2S/c1-2-13(4-3-5-14)10(15)8-6-7(11)9(12)16-8/h6,14H,2-5H2,1H3. The van der Waals surface area contributed by atoms with Crippen LogP contribution in [0.2, 0.25) is 0 Å². The summed E-state index contributed by atoms with van der Waals surface area (Å²) < 4.78 is 1.83. The molecule has 1 rings (SSSR count). The molecule has 1 heterocycles. The number of hydrogen-bond acceptors (Lipinski definition) is 3. The molecule has 16 heavy (non-hydrogen) atoms. The molecule has 0 aliphatic rings. The van der Waals surface area contributed by atoms with E-state index >= 15 is 0 Å². The van der Waals surface area contributed by atoms with Crippen LogP contribution in [0.1, 0.15) is 23.0 Å². The maximum absolute atomic E-state index is 12.1. The van der Waals surface area contributed by atoms with E-state index < -0.39 is 0 Å². The maximum atomic E-state index is 12.1. The van der Waals surface area contributed by atoms with Crippen LogP contribution in [0.5, 0.6) is 0 Å². The Kier molecular flexibility index (Phi) is 5.96. The Balaban J connectivity index is 2.74. The summed E-state index contributed by atoms with van der Waals surface area (Å²) in [5, 5.41) is 8.76. The van der Waals surface area contributed by atoms with Crippen LogP contribution in [-0.2, 0) is 0 Å². The smallest absolute Gasteiger partial charge is 0.263 e. The number of nitrogens with zero attached hydrogens (tertiary/aromatic N) is 1. The van der Waals surface area contributed by atoms with Crippen LogP contribution in [-0.4, -0.2) is 35.6 Å². The van der Waals surface area contributed by atoms with Gasteiger partial charge in [-0.25, -0.2) is 0 Å². The molecule has 0 spiro atoms. The van der Waals surface area contributed by atoms with Gasteiger partial charge in [-0.1, -0.05) is 0 Å². The van der Waals surface area contributed by atoms with Gasteiger partial charge in [0.2, 0.25) is 0 Å². The summed E-state index contributed by atoms with van der Waals surface area (Å²) in [6.07, 6.45) is 0.618. The second kappa shape index (κ2) is 6.74. The van der Waals surface area contributed by atoms with E-state index in [1.54, 1.807) is 4.90 Å². The Hall–Kier alpha value is 0.0900. The van der Waals surface area contributed by atoms with Crippen LogP contribution < -0.4 is 0 Å². The summed E-state index contributed by atoms with van der Waals surface area (Å²) >= 11 is 8.15. The average Bonchev–Trinajstić information content (AvgIpc) is 2.60. The third kappa shape index (κ3) is 3.55. The summed E-state index contributed by atoms with van der Waals surface area (Å²) in [6, 6.07) is 1.82. The molecule has 0 aromatic carbocycles. The topological polar surface area (TPSA) is 40.5 Å². The molecule has 6 heteroatoms. The lowest BCUT2D eigenvalue weighted by molar-refractivity contribution is 0.0759. The third-order valence-corrected chi connectivity index (χ3v) is 5.36. The highest BCUT2D eigenvalue weighted by atomic mass is 79.9. The summed E-state index contributed by atoms with van der Waals surface area (Å²) in [6.45, 7) is 3.31. The number of thiophene rings is 1. The molecule has 0 saturated carbocycles. The normalized spacial score (nSPS) is 10.5.